The fourth-order valence-electron chi connectivity index (χ4n) is 1.55. The van der Waals surface area contributed by atoms with Gasteiger partial charge in [-0.1, -0.05) is 34.1 Å². The summed E-state index contributed by atoms with van der Waals surface area (Å²) in [5.74, 6) is 0. The minimum Gasteiger partial charge on any atom is -0.296 e. The van der Waals surface area contributed by atoms with Crippen molar-refractivity contribution >= 4 is 15.9 Å². The molecule has 0 aliphatic heterocycles. The normalized spacial score (nSPS) is 10.5. The molecule has 2 aromatic rings. The van der Waals surface area contributed by atoms with Crippen molar-refractivity contribution in [2.24, 2.45) is 0 Å². The molecule has 0 atom stereocenters. The molecular weight excluding hydrogens is 284 g/mol. The summed E-state index contributed by atoms with van der Waals surface area (Å²) in [4.78, 5) is 25.1. The predicted molar refractivity (Wildman–Crippen MR) is 69.3 cm³/mol. The van der Waals surface area contributed by atoms with E-state index >= 15 is 0 Å². The number of aryl methyl sites for hydroxylation is 1. The van der Waals surface area contributed by atoms with Gasteiger partial charge in [0, 0.05) is 16.2 Å². The van der Waals surface area contributed by atoms with Gasteiger partial charge in [0.05, 0.1) is 6.54 Å². The number of halogens is 1. The van der Waals surface area contributed by atoms with Gasteiger partial charge in [-0.3, -0.25) is 14.3 Å². The van der Waals surface area contributed by atoms with Crippen LogP contribution in [0.15, 0.2) is 44.5 Å². The first kappa shape index (κ1) is 11.9. The highest BCUT2D eigenvalue weighted by Crippen LogP contribution is 2.16. The highest BCUT2D eigenvalue weighted by Gasteiger charge is 2.03. The van der Waals surface area contributed by atoms with E-state index in [2.05, 4.69) is 20.9 Å². The Hall–Kier alpha value is -1.62. The lowest BCUT2D eigenvalue weighted by atomic mass is 10.2. The van der Waals surface area contributed by atoms with E-state index in [1.165, 1.54) is 4.57 Å². The molecule has 88 valence electrons. The first-order chi connectivity index (χ1) is 8.08. The Morgan fingerprint density at radius 3 is 2.71 bits per heavy atom. The third-order valence-electron chi connectivity index (χ3n) is 2.49. The molecule has 0 saturated carbocycles. The summed E-state index contributed by atoms with van der Waals surface area (Å²) < 4.78 is 2.42. The summed E-state index contributed by atoms with van der Waals surface area (Å²) >= 11 is 3.42. The van der Waals surface area contributed by atoms with Crippen molar-refractivity contribution in [1.29, 1.82) is 0 Å². The third kappa shape index (κ3) is 2.55. The van der Waals surface area contributed by atoms with Gasteiger partial charge in [0.15, 0.2) is 0 Å². The van der Waals surface area contributed by atoms with Crippen LogP contribution in [0.4, 0.5) is 0 Å². The number of hydrogen-bond donors (Lipinski definition) is 1. The van der Waals surface area contributed by atoms with Gasteiger partial charge in [0.2, 0.25) is 0 Å². The maximum absolute atomic E-state index is 11.6. The topological polar surface area (TPSA) is 54.9 Å². The molecule has 2 rings (SSSR count). The van der Waals surface area contributed by atoms with Crippen molar-refractivity contribution in [1.82, 2.24) is 9.55 Å². The third-order valence-corrected chi connectivity index (χ3v) is 3.26. The zero-order chi connectivity index (χ0) is 12.4. The van der Waals surface area contributed by atoms with E-state index in [9.17, 15) is 9.59 Å². The van der Waals surface area contributed by atoms with Gasteiger partial charge in [0.1, 0.15) is 0 Å². The van der Waals surface area contributed by atoms with Gasteiger partial charge in [0.25, 0.3) is 5.56 Å². The van der Waals surface area contributed by atoms with Gasteiger partial charge in [-0.25, -0.2) is 4.79 Å². The molecule has 1 aromatic carbocycles. The summed E-state index contributed by atoms with van der Waals surface area (Å²) in [6, 6.07) is 7.66. The van der Waals surface area contributed by atoms with Gasteiger partial charge in [-0.05, 0) is 18.6 Å². The number of aromatic nitrogens is 2. The van der Waals surface area contributed by atoms with Crippen molar-refractivity contribution in [3.63, 3.8) is 0 Å². The molecule has 0 spiro atoms. The first-order valence-corrected chi connectivity index (χ1v) is 5.91. The molecule has 17 heavy (non-hydrogen) atoms. The van der Waals surface area contributed by atoms with Crippen LogP contribution in [0, 0.1) is 6.92 Å². The van der Waals surface area contributed by atoms with Crippen LogP contribution >= 0.6 is 15.9 Å². The van der Waals surface area contributed by atoms with Crippen LogP contribution in [0.2, 0.25) is 0 Å². The van der Waals surface area contributed by atoms with Crippen molar-refractivity contribution in [2.45, 2.75) is 13.5 Å². The summed E-state index contributed by atoms with van der Waals surface area (Å²) in [6.45, 7) is 2.10. The lowest BCUT2D eigenvalue weighted by Crippen LogP contribution is -2.31. The van der Waals surface area contributed by atoms with Crippen molar-refractivity contribution in [3.05, 3.63) is 66.9 Å². The van der Waals surface area contributed by atoms with Crippen LogP contribution in [0.25, 0.3) is 0 Å². The maximum Gasteiger partial charge on any atom is 0.328 e. The molecule has 5 heteroatoms. The molecule has 0 fully saturated rings. The van der Waals surface area contributed by atoms with Crippen LogP contribution in [0.3, 0.4) is 0 Å². The van der Waals surface area contributed by atoms with Crippen LogP contribution in [0.1, 0.15) is 11.1 Å². The first-order valence-electron chi connectivity index (χ1n) is 5.11. The largest absolute Gasteiger partial charge is 0.328 e. The maximum atomic E-state index is 11.6. The molecule has 0 aliphatic rings. The van der Waals surface area contributed by atoms with Crippen LogP contribution in [-0.2, 0) is 6.54 Å². The van der Waals surface area contributed by atoms with E-state index in [1.54, 1.807) is 13.1 Å². The Balaban J connectivity index is 2.44. The second-order valence-corrected chi connectivity index (χ2v) is 4.65. The van der Waals surface area contributed by atoms with Gasteiger partial charge >= 0.3 is 5.69 Å². The van der Waals surface area contributed by atoms with Crippen molar-refractivity contribution < 1.29 is 0 Å². The lowest BCUT2D eigenvalue weighted by molar-refractivity contribution is 0.711. The summed E-state index contributed by atoms with van der Waals surface area (Å²) in [7, 11) is 0. The monoisotopic (exact) mass is 294 g/mol. The Bertz CT molecular complexity index is 658. The van der Waals surface area contributed by atoms with E-state index in [-0.39, 0.29) is 5.56 Å². The molecule has 1 heterocycles. The fourth-order valence-corrected chi connectivity index (χ4v) is 1.96. The van der Waals surface area contributed by atoms with E-state index in [4.69, 9.17) is 0 Å². The summed E-state index contributed by atoms with van der Waals surface area (Å²) in [5, 5.41) is 0. The number of hydrogen-bond acceptors (Lipinski definition) is 2. The van der Waals surface area contributed by atoms with E-state index in [0.29, 0.717) is 12.1 Å². The number of rotatable bonds is 2. The predicted octanol–water partition coefficient (Wildman–Crippen LogP) is 1.66. The summed E-state index contributed by atoms with van der Waals surface area (Å²) in [6.07, 6.45) is 1.57. The minimum atomic E-state index is -0.392. The highest BCUT2D eigenvalue weighted by atomic mass is 79.9. The Kier molecular flexibility index (Phi) is 3.28. The molecule has 0 radical (unpaired) electrons. The van der Waals surface area contributed by atoms with E-state index < -0.39 is 5.69 Å². The Labute approximate surface area is 106 Å². The zero-order valence-corrected chi connectivity index (χ0v) is 10.8. The number of nitrogens with one attached hydrogen (secondary N) is 1. The number of aromatic amines is 1. The van der Waals surface area contributed by atoms with Crippen LogP contribution in [0.5, 0.6) is 0 Å². The Morgan fingerprint density at radius 2 is 2.00 bits per heavy atom. The minimum absolute atomic E-state index is 0.335. The van der Waals surface area contributed by atoms with Crippen LogP contribution in [-0.4, -0.2) is 9.55 Å². The standard InChI is InChI=1S/C12H11BrN2O2/c1-8-6-15(12(17)14-11(8)16)7-9-4-2-3-5-10(9)13/h2-6H,7H2,1H3,(H,14,16,17). The highest BCUT2D eigenvalue weighted by molar-refractivity contribution is 9.10. The van der Waals surface area contributed by atoms with Crippen molar-refractivity contribution in [3.8, 4) is 0 Å². The second-order valence-electron chi connectivity index (χ2n) is 3.79. The molecule has 0 unspecified atom stereocenters. The SMILES string of the molecule is Cc1cn(Cc2ccccc2Br)c(=O)[nH]c1=O. The quantitative estimate of drug-likeness (QED) is 0.916. The molecule has 0 amide bonds. The lowest BCUT2D eigenvalue weighted by Gasteiger charge is -2.07. The average Bonchev–Trinajstić information content (AvgIpc) is 2.29. The molecule has 0 aliphatic carbocycles. The molecular formula is C12H11BrN2O2. The smallest absolute Gasteiger partial charge is 0.296 e. The van der Waals surface area contributed by atoms with E-state index in [1.807, 2.05) is 24.3 Å². The molecule has 0 saturated heterocycles. The van der Waals surface area contributed by atoms with Crippen molar-refractivity contribution in [2.75, 3.05) is 0 Å². The molecule has 1 aromatic heterocycles. The van der Waals surface area contributed by atoms with Gasteiger partial charge in [-0.2, -0.15) is 0 Å². The number of H-pyrrole nitrogens is 1. The van der Waals surface area contributed by atoms with E-state index in [0.717, 1.165) is 10.0 Å². The van der Waals surface area contributed by atoms with Gasteiger partial charge < -0.3 is 0 Å². The number of nitrogens with zero attached hydrogens (tertiary/aromatic N) is 1. The molecule has 0 bridgehead atoms. The Morgan fingerprint density at radius 1 is 1.29 bits per heavy atom. The van der Waals surface area contributed by atoms with Gasteiger partial charge in [-0.15, -0.1) is 0 Å². The summed E-state index contributed by atoms with van der Waals surface area (Å²) in [5.41, 5.74) is 0.785. The zero-order valence-electron chi connectivity index (χ0n) is 9.24. The average molecular weight is 295 g/mol. The second kappa shape index (κ2) is 4.71. The fraction of sp³-hybridized carbons (Fsp3) is 0.167. The molecule has 1 N–H and O–H groups in total. The molecule has 4 nitrogen and oxygen atoms in total. The number of benzene rings is 1. The van der Waals surface area contributed by atoms with Crippen LogP contribution < -0.4 is 11.2 Å².